The summed E-state index contributed by atoms with van der Waals surface area (Å²) in [5.41, 5.74) is 0. The van der Waals surface area contributed by atoms with Crippen molar-refractivity contribution in [1.82, 2.24) is 5.32 Å². The number of hydrogen-bond donors (Lipinski definition) is 2. The molecule has 2 N–H and O–H groups in total. The minimum absolute atomic E-state index is 0.00664. The molecule has 0 aliphatic rings. The van der Waals surface area contributed by atoms with Crippen molar-refractivity contribution in [3.8, 4) is 0 Å². The van der Waals surface area contributed by atoms with Crippen molar-refractivity contribution < 1.29 is 32.9 Å². The molecule has 0 bridgehead atoms. The van der Waals surface area contributed by atoms with Gasteiger partial charge in [-0.25, -0.2) is 0 Å². The molecule has 0 aliphatic carbocycles. The Hall–Kier alpha value is -3.10. The number of nitrogens with one attached hydrogen (secondary N) is 1. The highest BCUT2D eigenvalue weighted by molar-refractivity contribution is 7.45. The van der Waals surface area contributed by atoms with Gasteiger partial charge in [0.2, 0.25) is 5.91 Å². The Morgan fingerprint density at radius 3 is 1.24 bits per heavy atom. The minimum atomic E-state index is -4.60. The van der Waals surface area contributed by atoms with Gasteiger partial charge in [0, 0.05) is 6.42 Å². The molecule has 8 nitrogen and oxygen atoms in total. The Morgan fingerprint density at radius 2 is 0.847 bits per heavy atom. The van der Waals surface area contributed by atoms with Gasteiger partial charge in [0.25, 0.3) is 7.82 Å². The molecule has 0 aliphatic heterocycles. The van der Waals surface area contributed by atoms with Crippen LogP contribution in [0.2, 0.25) is 0 Å². The van der Waals surface area contributed by atoms with Gasteiger partial charge in [-0.3, -0.25) is 9.36 Å². The van der Waals surface area contributed by atoms with Crippen molar-refractivity contribution in [2.45, 2.75) is 231 Å². The summed E-state index contributed by atoms with van der Waals surface area (Å²) in [4.78, 5) is 25.4. The first-order valence-electron chi connectivity index (χ1n) is 28.9. The molecule has 1 amide bonds. The number of carbonyl (C=O) groups is 1. The third-order valence-corrected chi connectivity index (χ3v) is 13.1. The molecule has 3 atom stereocenters. The SMILES string of the molecule is CC/C=C\C/C=C\C/C=C\C/C=C\C/C=C\C/C=C\C/C=C\C/C=C\C/C=C\CCCCCCCCCCCCCC(=O)NC(COP(=O)([O-])OCC[N+](C)(C)C)C(O)/C=C/CCCCCCCCCCC. The van der Waals surface area contributed by atoms with Crippen molar-refractivity contribution >= 4 is 13.7 Å². The molecule has 0 aromatic heterocycles. The maximum atomic E-state index is 12.9. The Kier molecular flexibility index (Phi) is 50.5. The number of allylic oxidation sites excluding steroid dienone is 19. The number of nitrogens with zero attached hydrogens (tertiary/aromatic N) is 1. The van der Waals surface area contributed by atoms with Crippen LogP contribution in [-0.2, 0) is 18.4 Å². The third kappa shape index (κ3) is 54.7. The zero-order chi connectivity index (χ0) is 52.7. The summed E-state index contributed by atoms with van der Waals surface area (Å²) in [6.07, 6.45) is 78.5. The van der Waals surface area contributed by atoms with Crippen LogP contribution >= 0.6 is 7.82 Å². The van der Waals surface area contributed by atoms with Gasteiger partial charge >= 0.3 is 0 Å². The Bertz CT molecular complexity index is 1580. The number of amides is 1. The van der Waals surface area contributed by atoms with E-state index in [2.05, 4.69) is 129 Å². The highest BCUT2D eigenvalue weighted by Crippen LogP contribution is 2.38. The van der Waals surface area contributed by atoms with Crippen molar-refractivity contribution in [3.63, 3.8) is 0 Å². The van der Waals surface area contributed by atoms with Crippen LogP contribution in [0, 0.1) is 0 Å². The summed E-state index contributed by atoms with van der Waals surface area (Å²) in [6, 6.07) is -0.894. The number of phosphoric ester groups is 1. The number of likely N-dealkylation sites (N-methyl/N-ethyl adjacent to an activating group) is 1. The zero-order valence-electron chi connectivity index (χ0n) is 46.8. The number of aliphatic hydroxyl groups excluding tert-OH is 1. The predicted octanol–water partition coefficient (Wildman–Crippen LogP) is 17.1. The second-order valence-electron chi connectivity index (χ2n) is 20.3. The van der Waals surface area contributed by atoms with E-state index < -0.39 is 20.0 Å². The lowest BCUT2D eigenvalue weighted by Crippen LogP contribution is -2.45. The Balaban J connectivity index is 4.05. The second kappa shape index (κ2) is 52.8. The highest BCUT2D eigenvalue weighted by atomic mass is 31.2. The first kappa shape index (κ1) is 68.9. The van der Waals surface area contributed by atoms with Crippen LogP contribution in [0.5, 0.6) is 0 Å². The molecule has 0 radical (unpaired) electrons. The maximum Gasteiger partial charge on any atom is 0.268 e. The largest absolute Gasteiger partial charge is 0.756 e. The fourth-order valence-electron chi connectivity index (χ4n) is 7.67. The molecule has 3 unspecified atom stereocenters. The Labute approximate surface area is 444 Å². The van der Waals surface area contributed by atoms with Crippen LogP contribution in [0.25, 0.3) is 0 Å². The average Bonchev–Trinajstić information content (AvgIpc) is 3.34. The number of rotatable bonds is 51. The van der Waals surface area contributed by atoms with Crippen LogP contribution < -0.4 is 10.2 Å². The molecule has 0 spiro atoms. The van der Waals surface area contributed by atoms with E-state index >= 15 is 0 Å². The fraction of sp³-hybridized carbons (Fsp3) is 0.667. The zero-order valence-corrected chi connectivity index (χ0v) is 47.7. The van der Waals surface area contributed by atoms with Gasteiger partial charge in [0.1, 0.15) is 13.2 Å². The molecule has 0 aromatic carbocycles. The fourth-order valence-corrected chi connectivity index (χ4v) is 8.40. The van der Waals surface area contributed by atoms with E-state index in [-0.39, 0.29) is 19.1 Å². The predicted molar refractivity (Wildman–Crippen MR) is 311 cm³/mol. The van der Waals surface area contributed by atoms with Gasteiger partial charge in [-0.1, -0.05) is 245 Å². The number of carbonyl (C=O) groups excluding carboxylic acids is 1. The molecule has 0 saturated heterocycles. The molecule has 412 valence electrons. The minimum Gasteiger partial charge on any atom is -0.756 e. The summed E-state index contributed by atoms with van der Waals surface area (Å²) in [6.45, 7) is 4.50. The summed E-state index contributed by atoms with van der Waals surface area (Å²) in [7, 11) is 1.24. The lowest BCUT2D eigenvalue weighted by molar-refractivity contribution is -0.870. The second-order valence-corrected chi connectivity index (χ2v) is 21.7. The number of aliphatic hydroxyl groups is 1. The van der Waals surface area contributed by atoms with Gasteiger partial charge in [0.05, 0.1) is 39.9 Å². The molecule has 0 saturated carbocycles. The topological polar surface area (TPSA) is 108 Å². The van der Waals surface area contributed by atoms with E-state index in [1.54, 1.807) is 6.08 Å². The first-order valence-corrected chi connectivity index (χ1v) is 30.4. The van der Waals surface area contributed by atoms with E-state index in [1.807, 2.05) is 27.2 Å². The summed E-state index contributed by atoms with van der Waals surface area (Å²) in [5, 5.41) is 13.8. The van der Waals surface area contributed by atoms with Crippen molar-refractivity contribution in [2.24, 2.45) is 0 Å². The van der Waals surface area contributed by atoms with Crippen LogP contribution in [0.3, 0.4) is 0 Å². The van der Waals surface area contributed by atoms with Gasteiger partial charge < -0.3 is 28.8 Å². The van der Waals surface area contributed by atoms with Crippen LogP contribution in [0.15, 0.2) is 122 Å². The number of hydrogen-bond acceptors (Lipinski definition) is 6. The summed E-state index contributed by atoms with van der Waals surface area (Å²) >= 11 is 0. The number of phosphoric acid groups is 1. The van der Waals surface area contributed by atoms with Crippen LogP contribution in [0.4, 0.5) is 0 Å². The highest BCUT2D eigenvalue weighted by Gasteiger charge is 2.23. The molecular weight excluding hydrogens is 912 g/mol. The van der Waals surface area contributed by atoms with E-state index in [4.69, 9.17) is 9.05 Å². The molecule has 9 heteroatoms. The van der Waals surface area contributed by atoms with Crippen LogP contribution in [0.1, 0.15) is 219 Å². The van der Waals surface area contributed by atoms with E-state index in [0.29, 0.717) is 17.4 Å². The summed E-state index contributed by atoms with van der Waals surface area (Å²) < 4.78 is 23.3. The Morgan fingerprint density at radius 1 is 0.500 bits per heavy atom. The molecule has 0 aromatic rings. The van der Waals surface area contributed by atoms with Gasteiger partial charge in [-0.15, -0.1) is 0 Å². The normalized spacial score (nSPS) is 14.8. The lowest BCUT2D eigenvalue weighted by Gasteiger charge is -2.29. The first-order chi connectivity index (χ1) is 35.0. The van der Waals surface area contributed by atoms with Crippen LogP contribution in [-0.4, -0.2) is 68.5 Å². The molecule has 0 fully saturated rings. The van der Waals surface area contributed by atoms with Gasteiger partial charge in [-0.2, -0.15) is 0 Å². The van der Waals surface area contributed by atoms with Crippen molar-refractivity contribution in [2.75, 3.05) is 40.9 Å². The molecule has 0 heterocycles. The maximum absolute atomic E-state index is 12.9. The van der Waals surface area contributed by atoms with Gasteiger partial charge in [0.15, 0.2) is 0 Å². The van der Waals surface area contributed by atoms with E-state index in [0.717, 1.165) is 103 Å². The average molecular weight is 1020 g/mol. The standard InChI is InChI=1S/C63H109N2O6P/c1-6-8-10-12-14-16-18-19-20-21-22-23-24-25-26-27-28-29-30-31-32-33-34-35-36-37-38-39-40-41-42-43-44-45-47-49-51-53-55-57-63(67)64-61(60-71-72(68,69)70-59-58-65(3,4)5)62(66)56-54-52-50-48-46-17-15-13-11-9-7-2/h8,10,14,16,19-20,22-23,25-26,28-29,31-32,34-35,37-38,54,56,61-62,66H,6-7,9,11-13,15,17-18,21,24,27,30,33,36,39-53,55,57-60H2,1-5H3,(H-,64,67,68,69)/b10-8-,16-14-,20-19-,23-22-,26-25-,29-28-,32-31-,35-34-,38-37-,56-54+. The molecule has 72 heavy (non-hydrogen) atoms. The van der Waals surface area contributed by atoms with Crippen molar-refractivity contribution in [3.05, 3.63) is 122 Å². The molecular formula is C63H109N2O6P. The smallest absolute Gasteiger partial charge is 0.268 e. The van der Waals surface area contributed by atoms with Gasteiger partial charge in [-0.05, 0) is 89.9 Å². The summed E-state index contributed by atoms with van der Waals surface area (Å²) in [5.74, 6) is -0.207. The molecule has 0 rings (SSSR count). The van der Waals surface area contributed by atoms with E-state index in [1.165, 1.54) is 96.3 Å². The quantitative estimate of drug-likeness (QED) is 0.0272. The van der Waals surface area contributed by atoms with Crippen molar-refractivity contribution in [1.29, 1.82) is 0 Å². The monoisotopic (exact) mass is 1020 g/mol. The third-order valence-electron chi connectivity index (χ3n) is 12.2. The number of quaternary nitrogens is 1. The number of unbranched alkanes of at least 4 members (excludes halogenated alkanes) is 20. The van der Waals surface area contributed by atoms with E-state index in [9.17, 15) is 19.4 Å². The lowest BCUT2D eigenvalue weighted by atomic mass is 10.0.